The highest BCUT2D eigenvalue weighted by atomic mass is 16.5. The van der Waals surface area contributed by atoms with Crippen LogP contribution in [-0.2, 0) is 4.79 Å². The Morgan fingerprint density at radius 2 is 1.89 bits per heavy atom. The Labute approximate surface area is 212 Å². The highest BCUT2D eigenvalue weighted by molar-refractivity contribution is 5.99. The number of aldehydes is 1. The zero-order valence-electron chi connectivity index (χ0n) is 20.8. The summed E-state index contributed by atoms with van der Waals surface area (Å²) in [5.74, 6) is 0.720. The Morgan fingerprint density at radius 1 is 1.11 bits per heavy atom. The van der Waals surface area contributed by atoms with Crippen molar-refractivity contribution in [3.05, 3.63) is 102 Å². The van der Waals surface area contributed by atoms with Crippen LogP contribution in [0.1, 0.15) is 37.6 Å². The maximum absolute atomic E-state index is 12.6. The maximum atomic E-state index is 12.6. The number of nitrogens with zero attached hydrogens (tertiary/aromatic N) is 4. The molecule has 1 aliphatic rings. The molecule has 0 saturated carbocycles. The second-order valence-electron chi connectivity index (χ2n) is 8.48. The molecule has 0 aliphatic carbocycles. The molecule has 182 valence electrons. The number of nitriles is 1. The van der Waals surface area contributed by atoms with E-state index < -0.39 is 6.04 Å². The molecule has 1 aliphatic heterocycles. The lowest BCUT2D eigenvalue weighted by molar-refractivity contribution is -0.107. The monoisotopic (exact) mass is 478 g/mol. The highest BCUT2D eigenvalue weighted by Crippen LogP contribution is 2.36. The van der Waals surface area contributed by atoms with E-state index in [4.69, 9.17) is 4.74 Å². The van der Waals surface area contributed by atoms with Crippen molar-refractivity contribution in [3.63, 3.8) is 0 Å². The number of ether oxygens (including phenoxy) is 1. The maximum Gasteiger partial charge on any atom is 0.149 e. The number of hydrogen-bond acceptors (Lipinski definition) is 6. The second kappa shape index (κ2) is 11.5. The van der Waals surface area contributed by atoms with E-state index in [-0.39, 0.29) is 6.23 Å². The van der Waals surface area contributed by atoms with Crippen LogP contribution < -0.4 is 9.64 Å². The minimum absolute atomic E-state index is 0.0870. The van der Waals surface area contributed by atoms with Gasteiger partial charge in [0, 0.05) is 29.7 Å². The number of anilines is 1. The van der Waals surface area contributed by atoms with Crippen LogP contribution in [0.15, 0.2) is 85.2 Å². The first kappa shape index (κ1) is 24.9. The molecule has 0 amide bonds. The van der Waals surface area contributed by atoms with E-state index in [1.54, 1.807) is 12.3 Å². The van der Waals surface area contributed by atoms with Gasteiger partial charge in [0.1, 0.15) is 24.3 Å². The predicted molar refractivity (Wildman–Crippen MR) is 143 cm³/mol. The second-order valence-corrected chi connectivity index (χ2v) is 8.48. The summed E-state index contributed by atoms with van der Waals surface area (Å²) in [5.41, 5.74) is 4.42. The van der Waals surface area contributed by atoms with Crippen molar-refractivity contribution in [1.82, 2.24) is 9.88 Å². The fourth-order valence-corrected chi connectivity index (χ4v) is 4.51. The third kappa shape index (κ3) is 5.22. The molecule has 0 bridgehead atoms. The smallest absolute Gasteiger partial charge is 0.149 e. The van der Waals surface area contributed by atoms with E-state index in [0.29, 0.717) is 5.56 Å². The molecule has 36 heavy (non-hydrogen) atoms. The number of allylic oxidation sites excluding steroid dienone is 2. The Bertz CT molecular complexity index is 1310. The van der Waals surface area contributed by atoms with E-state index in [0.717, 1.165) is 53.2 Å². The summed E-state index contributed by atoms with van der Waals surface area (Å²) in [6, 6.07) is 22.5. The molecule has 2 heterocycles. The number of rotatable bonds is 9. The number of carbonyl (C=O) groups excluding carboxylic acids is 1. The Hall–Kier alpha value is -4.21. The van der Waals surface area contributed by atoms with Crippen molar-refractivity contribution < 1.29 is 9.53 Å². The van der Waals surface area contributed by atoms with E-state index >= 15 is 0 Å². The van der Waals surface area contributed by atoms with Crippen molar-refractivity contribution in [1.29, 1.82) is 5.26 Å². The van der Waals surface area contributed by atoms with E-state index in [1.165, 1.54) is 0 Å². The van der Waals surface area contributed by atoms with Gasteiger partial charge in [0.05, 0.1) is 17.3 Å². The SMILES string of the molecule is CCN(CC)C(C)Oc1cccc(N2C=C(c3ccccn3)C=C(c3ccccc3C#N)C2C=O)c1. The average Bonchev–Trinajstić information content (AvgIpc) is 2.93. The molecular weight excluding hydrogens is 448 g/mol. The van der Waals surface area contributed by atoms with E-state index in [1.807, 2.05) is 84.8 Å². The molecule has 6 nitrogen and oxygen atoms in total. The van der Waals surface area contributed by atoms with Gasteiger partial charge in [-0.25, -0.2) is 0 Å². The lowest BCUT2D eigenvalue weighted by atomic mass is 9.89. The van der Waals surface area contributed by atoms with Crippen LogP contribution in [-0.4, -0.2) is 41.5 Å². The molecule has 1 aromatic heterocycles. The van der Waals surface area contributed by atoms with Gasteiger partial charge >= 0.3 is 0 Å². The van der Waals surface area contributed by atoms with Crippen LogP contribution in [0.2, 0.25) is 0 Å². The molecule has 3 aromatic rings. The van der Waals surface area contributed by atoms with Crippen LogP contribution in [0, 0.1) is 11.3 Å². The van der Waals surface area contributed by atoms with Gasteiger partial charge in [-0.05, 0) is 67.6 Å². The van der Waals surface area contributed by atoms with Gasteiger partial charge in [-0.1, -0.05) is 44.2 Å². The molecule has 0 N–H and O–H groups in total. The van der Waals surface area contributed by atoms with Crippen molar-refractivity contribution >= 4 is 23.1 Å². The topological polar surface area (TPSA) is 69.5 Å². The standard InChI is InChI=1S/C30H30N4O2/c1-4-33(5-2)22(3)36-26-13-10-12-25(18-26)34-20-24(29-15-8-9-16-32-29)17-28(30(34)21-35)27-14-7-6-11-23(27)19-31/h6-18,20-22,30H,4-5H2,1-3H3. The summed E-state index contributed by atoms with van der Waals surface area (Å²) in [6.07, 6.45) is 6.46. The Morgan fingerprint density at radius 3 is 2.58 bits per heavy atom. The van der Waals surface area contributed by atoms with Crippen LogP contribution in [0.5, 0.6) is 5.75 Å². The summed E-state index contributed by atoms with van der Waals surface area (Å²) in [4.78, 5) is 21.2. The van der Waals surface area contributed by atoms with Crippen molar-refractivity contribution in [2.75, 3.05) is 18.0 Å². The zero-order chi connectivity index (χ0) is 25.5. The quantitative estimate of drug-likeness (QED) is 0.297. The molecule has 0 saturated heterocycles. The van der Waals surface area contributed by atoms with Crippen LogP contribution in [0.4, 0.5) is 5.69 Å². The molecular formula is C30H30N4O2. The molecule has 0 radical (unpaired) electrons. The molecule has 2 atom stereocenters. The third-order valence-corrected chi connectivity index (χ3v) is 6.40. The van der Waals surface area contributed by atoms with Gasteiger partial charge in [0.15, 0.2) is 0 Å². The lowest BCUT2D eigenvalue weighted by Crippen LogP contribution is -2.37. The van der Waals surface area contributed by atoms with Crippen molar-refractivity contribution in [2.24, 2.45) is 0 Å². The summed E-state index contributed by atoms with van der Waals surface area (Å²) >= 11 is 0. The highest BCUT2D eigenvalue weighted by Gasteiger charge is 2.29. The normalized spacial score (nSPS) is 16.1. The summed E-state index contributed by atoms with van der Waals surface area (Å²) in [7, 11) is 0. The molecule has 2 aromatic carbocycles. The summed E-state index contributed by atoms with van der Waals surface area (Å²) < 4.78 is 6.24. The largest absolute Gasteiger partial charge is 0.475 e. The van der Waals surface area contributed by atoms with E-state index in [9.17, 15) is 10.1 Å². The van der Waals surface area contributed by atoms with Gasteiger partial charge in [-0.3, -0.25) is 9.88 Å². The van der Waals surface area contributed by atoms with Crippen LogP contribution in [0.25, 0.3) is 11.1 Å². The average molecular weight is 479 g/mol. The predicted octanol–water partition coefficient (Wildman–Crippen LogP) is 5.53. The van der Waals surface area contributed by atoms with Crippen molar-refractivity contribution in [3.8, 4) is 11.8 Å². The fraction of sp³-hybridized carbons (Fsp3) is 0.233. The Kier molecular flexibility index (Phi) is 7.94. The first-order valence-corrected chi connectivity index (χ1v) is 12.2. The number of benzene rings is 2. The number of pyridine rings is 1. The van der Waals surface area contributed by atoms with E-state index in [2.05, 4.69) is 29.8 Å². The molecule has 6 heteroatoms. The molecule has 0 fully saturated rings. The molecule has 0 spiro atoms. The fourth-order valence-electron chi connectivity index (χ4n) is 4.51. The minimum atomic E-state index is -0.623. The molecule has 2 unspecified atom stereocenters. The van der Waals surface area contributed by atoms with Crippen LogP contribution >= 0.6 is 0 Å². The summed E-state index contributed by atoms with van der Waals surface area (Å²) in [5, 5.41) is 9.75. The zero-order valence-corrected chi connectivity index (χ0v) is 20.8. The van der Waals surface area contributed by atoms with Gasteiger partial charge in [-0.2, -0.15) is 5.26 Å². The number of hydrogen-bond donors (Lipinski definition) is 0. The summed E-state index contributed by atoms with van der Waals surface area (Å²) in [6.45, 7) is 8.03. The Balaban J connectivity index is 1.80. The van der Waals surface area contributed by atoms with Gasteiger partial charge in [0.2, 0.25) is 0 Å². The first-order chi connectivity index (χ1) is 17.6. The van der Waals surface area contributed by atoms with Gasteiger partial charge in [0.25, 0.3) is 0 Å². The van der Waals surface area contributed by atoms with Crippen LogP contribution in [0.3, 0.4) is 0 Å². The molecule has 4 rings (SSSR count). The number of carbonyl (C=O) groups is 1. The lowest BCUT2D eigenvalue weighted by Gasteiger charge is -2.34. The minimum Gasteiger partial charge on any atom is -0.475 e. The van der Waals surface area contributed by atoms with Crippen molar-refractivity contribution in [2.45, 2.75) is 33.0 Å². The first-order valence-electron chi connectivity index (χ1n) is 12.2. The van der Waals surface area contributed by atoms with Gasteiger partial charge < -0.3 is 14.4 Å². The van der Waals surface area contributed by atoms with Gasteiger partial charge in [-0.15, -0.1) is 0 Å². The number of aromatic nitrogens is 1. The third-order valence-electron chi connectivity index (χ3n) is 6.40.